The Hall–Kier alpha value is -2.55. The number of fused-ring (bicyclic) bond motifs is 3. The van der Waals surface area contributed by atoms with Crippen LogP contribution in [0.1, 0.15) is 84.1 Å². The first kappa shape index (κ1) is 18.2. The Labute approximate surface area is 178 Å². The van der Waals surface area contributed by atoms with E-state index < -0.39 is 0 Å². The molecule has 154 valence electrons. The zero-order chi connectivity index (χ0) is 20.1. The van der Waals surface area contributed by atoms with E-state index in [1.807, 2.05) is 30.3 Å². The molecule has 2 aliphatic carbocycles. The molecule has 3 aromatic rings. The number of amides is 1. The second-order valence-corrected chi connectivity index (χ2v) is 9.40. The molecular weight excluding hydrogens is 368 g/mol. The van der Waals surface area contributed by atoms with Crippen molar-refractivity contribution in [3.8, 4) is 0 Å². The van der Waals surface area contributed by atoms with Crippen LogP contribution in [0.4, 0.5) is 0 Å². The van der Waals surface area contributed by atoms with Gasteiger partial charge in [-0.05, 0) is 73.4 Å². The average molecular weight is 399 g/mol. The summed E-state index contributed by atoms with van der Waals surface area (Å²) in [6, 6.07) is 17.3. The van der Waals surface area contributed by atoms with Crippen LogP contribution in [0.2, 0.25) is 0 Å². The van der Waals surface area contributed by atoms with Crippen molar-refractivity contribution in [2.45, 2.75) is 69.9 Å². The van der Waals surface area contributed by atoms with Gasteiger partial charge in [0.25, 0.3) is 5.91 Å². The first-order valence-electron chi connectivity index (χ1n) is 11.8. The van der Waals surface area contributed by atoms with Crippen LogP contribution in [0, 0.1) is 0 Å². The first-order chi connectivity index (χ1) is 14.8. The first-order valence-corrected chi connectivity index (χ1v) is 11.8. The summed E-state index contributed by atoms with van der Waals surface area (Å²) in [6.07, 6.45) is 10.2. The van der Waals surface area contributed by atoms with Crippen LogP contribution in [0.25, 0.3) is 10.9 Å². The minimum absolute atomic E-state index is 0.188. The number of hydrogen-bond acceptors (Lipinski definition) is 1. The molecule has 0 bridgehead atoms. The largest absolute Gasteiger partial charge is 0.341 e. The fraction of sp³-hybridized carbons (Fsp3) is 0.444. The highest BCUT2D eigenvalue weighted by atomic mass is 16.2. The quantitative estimate of drug-likeness (QED) is 0.503. The van der Waals surface area contributed by atoms with Crippen molar-refractivity contribution in [2.24, 2.45) is 0 Å². The molecule has 3 nitrogen and oxygen atoms in total. The number of benzene rings is 2. The lowest BCUT2D eigenvalue weighted by Crippen LogP contribution is -2.43. The van der Waals surface area contributed by atoms with Gasteiger partial charge in [-0.25, -0.2) is 0 Å². The predicted octanol–water partition coefficient (Wildman–Crippen LogP) is 6.22. The van der Waals surface area contributed by atoms with Gasteiger partial charge in [-0.15, -0.1) is 0 Å². The molecule has 0 spiro atoms. The van der Waals surface area contributed by atoms with Crippen molar-refractivity contribution in [1.29, 1.82) is 0 Å². The predicted molar refractivity (Wildman–Crippen MR) is 121 cm³/mol. The van der Waals surface area contributed by atoms with Gasteiger partial charge in [0, 0.05) is 35.2 Å². The number of rotatable bonds is 2. The van der Waals surface area contributed by atoms with Gasteiger partial charge in [-0.1, -0.05) is 43.5 Å². The van der Waals surface area contributed by atoms with Gasteiger partial charge < -0.3 is 9.47 Å². The van der Waals surface area contributed by atoms with Crippen LogP contribution in [-0.4, -0.2) is 21.9 Å². The van der Waals surface area contributed by atoms with E-state index in [4.69, 9.17) is 0 Å². The number of aromatic nitrogens is 1. The highest BCUT2D eigenvalue weighted by Crippen LogP contribution is 2.44. The number of aryl methyl sites for hydroxylation is 1. The molecule has 0 N–H and O–H groups in total. The smallest absolute Gasteiger partial charge is 0.254 e. The van der Waals surface area contributed by atoms with Gasteiger partial charge in [-0.3, -0.25) is 4.79 Å². The molecule has 30 heavy (non-hydrogen) atoms. The Morgan fingerprint density at radius 2 is 1.70 bits per heavy atom. The highest BCUT2D eigenvalue weighted by Gasteiger charge is 2.37. The fourth-order valence-corrected chi connectivity index (χ4v) is 6.30. The topological polar surface area (TPSA) is 25.2 Å². The monoisotopic (exact) mass is 398 g/mol. The van der Waals surface area contributed by atoms with E-state index in [1.165, 1.54) is 60.7 Å². The molecule has 1 atom stereocenters. The lowest BCUT2D eigenvalue weighted by atomic mass is 9.83. The molecule has 3 aliphatic rings. The standard InChI is InChI=1S/C27H30N2O/c30-27(20-10-5-2-6-11-20)29-17-16-28-24-15-14-21(19-8-3-1-4-9-19)18-23(24)22-12-7-13-25(29)26(22)28/h2,5-6,10-11,14-15,18-19,25H,1,3-4,7-9,12-13,16-17H2/t25-/m0/s1. The van der Waals surface area contributed by atoms with E-state index in [0.717, 1.165) is 37.4 Å². The second-order valence-electron chi connectivity index (χ2n) is 9.40. The molecule has 1 fully saturated rings. The lowest BCUT2D eigenvalue weighted by Gasteiger charge is -2.40. The minimum atomic E-state index is 0.188. The van der Waals surface area contributed by atoms with Crippen LogP contribution in [0.5, 0.6) is 0 Å². The molecular formula is C27H30N2O. The van der Waals surface area contributed by atoms with Crippen molar-refractivity contribution < 1.29 is 4.79 Å². The summed E-state index contributed by atoms with van der Waals surface area (Å²) in [6.45, 7) is 1.71. The Kier molecular flexibility index (Phi) is 4.44. The van der Waals surface area contributed by atoms with Gasteiger partial charge in [0.05, 0.1) is 6.04 Å². The molecule has 6 rings (SSSR count). The fourth-order valence-electron chi connectivity index (χ4n) is 6.30. The number of carbonyl (C=O) groups is 1. The minimum Gasteiger partial charge on any atom is -0.341 e. The summed E-state index contributed by atoms with van der Waals surface area (Å²) < 4.78 is 2.54. The van der Waals surface area contributed by atoms with Crippen molar-refractivity contribution in [3.63, 3.8) is 0 Å². The zero-order valence-corrected chi connectivity index (χ0v) is 17.6. The maximum Gasteiger partial charge on any atom is 0.254 e. The second kappa shape index (κ2) is 7.30. The summed E-state index contributed by atoms with van der Waals surface area (Å²) in [5.41, 5.74) is 6.69. The van der Waals surface area contributed by atoms with E-state index in [0.29, 0.717) is 0 Å². The maximum atomic E-state index is 13.3. The summed E-state index contributed by atoms with van der Waals surface area (Å²) in [5, 5.41) is 1.46. The molecule has 0 radical (unpaired) electrons. The Morgan fingerprint density at radius 3 is 2.53 bits per heavy atom. The molecule has 3 heteroatoms. The van der Waals surface area contributed by atoms with E-state index in [2.05, 4.69) is 27.7 Å². The normalized spacial score (nSPS) is 21.6. The summed E-state index contributed by atoms with van der Waals surface area (Å²) in [4.78, 5) is 15.5. The van der Waals surface area contributed by atoms with Gasteiger partial charge in [-0.2, -0.15) is 0 Å². The molecule has 1 saturated carbocycles. The summed E-state index contributed by atoms with van der Waals surface area (Å²) >= 11 is 0. The van der Waals surface area contributed by atoms with Crippen molar-refractivity contribution in [3.05, 3.63) is 70.9 Å². The van der Waals surface area contributed by atoms with Crippen LogP contribution in [0.3, 0.4) is 0 Å². The Morgan fingerprint density at radius 1 is 0.867 bits per heavy atom. The Bertz CT molecular complexity index is 1090. The molecule has 0 unspecified atom stereocenters. The third-order valence-electron chi connectivity index (χ3n) is 7.76. The van der Waals surface area contributed by atoms with Crippen LogP contribution in [0.15, 0.2) is 48.5 Å². The zero-order valence-electron chi connectivity index (χ0n) is 17.6. The van der Waals surface area contributed by atoms with Crippen LogP contribution in [-0.2, 0) is 13.0 Å². The van der Waals surface area contributed by atoms with Crippen molar-refractivity contribution >= 4 is 16.8 Å². The van der Waals surface area contributed by atoms with Crippen molar-refractivity contribution in [2.75, 3.05) is 6.54 Å². The third-order valence-corrected chi connectivity index (χ3v) is 7.76. The Balaban J connectivity index is 1.42. The molecule has 1 aromatic heterocycles. The lowest BCUT2D eigenvalue weighted by molar-refractivity contribution is 0.0601. The molecule has 1 amide bonds. The van der Waals surface area contributed by atoms with E-state index in [1.54, 1.807) is 5.56 Å². The van der Waals surface area contributed by atoms with E-state index in [-0.39, 0.29) is 11.9 Å². The van der Waals surface area contributed by atoms with Crippen LogP contribution >= 0.6 is 0 Å². The van der Waals surface area contributed by atoms with Gasteiger partial charge in [0.15, 0.2) is 0 Å². The van der Waals surface area contributed by atoms with Crippen LogP contribution < -0.4 is 0 Å². The van der Waals surface area contributed by atoms with E-state index in [9.17, 15) is 4.79 Å². The summed E-state index contributed by atoms with van der Waals surface area (Å²) in [7, 11) is 0. The highest BCUT2D eigenvalue weighted by molar-refractivity contribution is 5.95. The van der Waals surface area contributed by atoms with Gasteiger partial charge in [0.2, 0.25) is 0 Å². The number of hydrogen-bond donors (Lipinski definition) is 0. The molecule has 1 aliphatic heterocycles. The van der Waals surface area contributed by atoms with Gasteiger partial charge in [0.1, 0.15) is 0 Å². The molecule has 2 heterocycles. The average Bonchev–Trinajstić information content (AvgIpc) is 3.15. The van der Waals surface area contributed by atoms with Crippen molar-refractivity contribution in [1.82, 2.24) is 9.47 Å². The molecule has 0 saturated heterocycles. The number of nitrogens with zero attached hydrogens (tertiary/aromatic N) is 2. The summed E-state index contributed by atoms with van der Waals surface area (Å²) in [5.74, 6) is 0.927. The number of carbonyl (C=O) groups excluding carboxylic acids is 1. The van der Waals surface area contributed by atoms with E-state index >= 15 is 0 Å². The SMILES string of the molecule is O=C(c1ccccc1)N1CCn2c3c(c4cc(C5CCCCC5)ccc42)CCC[C@@H]31. The van der Waals surface area contributed by atoms with Gasteiger partial charge >= 0.3 is 0 Å². The molecule has 2 aromatic carbocycles. The third kappa shape index (κ3) is 2.82. The maximum absolute atomic E-state index is 13.3.